The predicted molar refractivity (Wildman–Crippen MR) is 64.6 cm³/mol. The molecular weight excluding hydrogens is 268 g/mol. The van der Waals surface area contributed by atoms with E-state index in [0.29, 0.717) is 0 Å². The maximum Gasteiger partial charge on any atom is 0.299 e. The number of hydrogen-bond acceptors (Lipinski definition) is 5. The molecule has 1 aromatic heterocycles. The molecule has 0 unspecified atom stereocenters. The largest absolute Gasteiger partial charge is 0.394 e. The molecule has 0 aliphatic rings. The van der Waals surface area contributed by atoms with Crippen LogP contribution < -0.4 is 5.32 Å². The van der Waals surface area contributed by atoms with Crippen LogP contribution in [0.3, 0.4) is 0 Å². The molecule has 0 aliphatic carbocycles. The molecule has 0 saturated heterocycles. The van der Waals surface area contributed by atoms with E-state index in [0.717, 1.165) is 17.4 Å². The van der Waals surface area contributed by atoms with Gasteiger partial charge in [0.05, 0.1) is 17.1 Å². The summed E-state index contributed by atoms with van der Waals surface area (Å²) < 4.78 is -0.0399. The van der Waals surface area contributed by atoms with Crippen LogP contribution in [-0.4, -0.2) is 28.1 Å². The van der Waals surface area contributed by atoms with Gasteiger partial charge < -0.3 is 10.4 Å². The first-order valence-electron chi connectivity index (χ1n) is 4.64. The normalized spacial score (nSPS) is 11.3. The summed E-state index contributed by atoms with van der Waals surface area (Å²) in [4.78, 5) is 21.8. The summed E-state index contributed by atoms with van der Waals surface area (Å²) in [6.45, 7) is 3.03. The van der Waals surface area contributed by atoms with E-state index in [4.69, 9.17) is 16.7 Å². The standard InChI is InChI=1S/C9H11ClN2O4S/c1-9(2,4-13)11-8(14)6-3-5(12(15)16)7(10)17-6/h3,13H,4H2,1-2H3,(H,11,14). The minimum atomic E-state index is -0.789. The minimum Gasteiger partial charge on any atom is -0.394 e. The zero-order chi connectivity index (χ0) is 13.2. The highest BCUT2D eigenvalue weighted by molar-refractivity contribution is 7.18. The number of thiophene rings is 1. The molecule has 0 atom stereocenters. The lowest BCUT2D eigenvalue weighted by atomic mass is 10.1. The lowest BCUT2D eigenvalue weighted by molar-refractivity contribution is -0.384. The second-order valence-electron chi connectivity index (χ2n) is 4.02. The van der Waals surface area contributed by atoms with E-state index in [1.54, 1.807) is 13.8 Å². The first-order valence-corrected chi connectivity index (χ1v) is 5.83. The molecule has 1 rings (SSSR count). The second-order valence-corrected chi connectivity index (χ2v) is 5.68. The number of hydrogen-bond donors (Lipinski definition) is 2. The van der Waals surface area contributed by atoms with Crippen LogP contribution in [0.25, 0.3) is 0 Å². The zero-order valence-corrected chi connectivity index (χ0v) is 10.8. The van der Waals surface area contributed by atoms with Gasteiger partial charge in [0.2, 0.25) is 0 Å². The van der Waals surface area contributed by atoms with E-state index < -0.39 is 16.4 Å². The third-order valence-corrected chi connectivity index (χ3v) is 3.27. The first-order chi connectivity index (χ1) is 7.76. The van der Waals surface area contributed by atoms with Gasteiger partial charge in [0.25, 0.3) is 11.6 Å². The maximum absolute atomic E-state index is 11.7. The number of nitrogens with one attached hydrogen (secondary N) is 1. The topological polar surface area (TPSA) is 92.5 Å². The number of nitro groups is 1. The van der Waals surface area contributed by atoms with Crippen LogP contribution in [0.1, 0.15) is 23.5 Å². The quantitative estimate of drug-likeness (QED) is 0.649. The van der Waals surface area contributed by atoms with Crippen molar-refractivity contribution in [1.82, 2.24) is 5.32 Å². The lowest BCUT2D eigenvalue weighted by Gasteiger charge is -2.22. The van der Waals surface area contributed by atoms with Gasteiger partial charge in [0, 0.05) is 6.07 Å². The number of rotatable bonds is 4. The summed E-state index contributed by atoms with van der Waals surface area (Å²) in [5.41, 5.74) is -1.08. The first kappa shape index (κ1) is 13.9. The Labute approximate surface area is 106 Å². The number of carbonyl (C=O) groups excluding carboxylic acids is 1. The maximum atomic E-state index is 11.7. The van der Waals surface area contributed by atoms with E-state index in [1.807, 2.05) is 0 Å². The van der Waals surface area contributed by atoms with E-state index in [-0.39, 0.29) is 21.5 Å². The molecule has 8 heteroatoms. The Morgan fingerprint density at radius 1 is 1.71 bits per heavy atom. The Hall–Kier alpha value is -1.18. The van der Waals surface area contributed by atoms with Crippen molar-refractivity contribution in [2.45, 2.75) is 19.4 Å². The molecule has 6 nitrogen and oxygen atoms in total. The monoisotopic (exact) mass is 278 g/mol. The molecule has 0 fully saturated rings. The number of nitrogens with zero attached hydrogens (tertiary/aromatic N) is 1. The summed E-state index contributed by atoms with van der Waals surface area (Å²) in [6, 6.07) is 1.12. The van der Waals surface area contributed by atoms with Crippen LogP contribution in [0.15, 0.2) is 6.07 Å². The van der Waals surface area contributed by atoms with E-state index in [2.05, 4.69) is 5.32 Å². The molecule has 0 radical (unpaired) electrons. The Morgan fingerprint density at radius 2 is 2.29 bits per heavy atom. The lowest BCUT2D eigenvalue weighted by Crippen LogP contribution is -2.46. The highest BCUT2D eigenvalue weighted by Gasteiger charge is 2.25. The predicted octanol–water partition coefficient (Wildman–Crippen LogP) is 1.81. The van der Waals surface area contributed by atoms with Crippen molar-refractivity contribution in [2.24, 2.45) is 0 Å². The molecule has 0 bridgehead atoms. The van der Waals surface area contributed by atoms with Gasteiger partial charge in [-0.05, 0) is 13.8 Å². The van der Waals surface area contributed by atoms with Crippen molar-refractivity contribution in [2.75, 3.05) is 6.61 Å². The second kappa shape index (κ2) is 4.99. The fraction of sp³-hybridized carbons (Fsp3) is 0.444. The molecule has 0 aromatic carbocycles. The summed E-state index contributed by atoms with van der Waals surface area (Å²) in [7, 11) is 0. The molecule has 2 N–H and O–H groups in total. The Bertz CT molecular complexity index is 458. The van der Waals surface area contributed by atoms with Crippen LogP contribution >= 0.6 is 22.9 Å². The fourth-order valence-corrected chi connectivity index (χ4v) is 2.12. The van der Waals surface area contributed by atoms with Gasteiger partial charge in [-0.25, -0.2) is 0 Å². The van der Waals surface area contributed by atoms with Crippen LogP contribution in [0.5, 0.6) is 0 Å². The molecule has 0 spiro atoms. The Kier molecular flexibility index (Phi) is 4.07. The van der Waals surface area contributed by atoms with E-state index >= 15 is 0 Å². The molecule has 0 saturated carbocycles. The molecule has 1 aromatic rings. The summed E-state index contributed by atoms with van der Waals surface area (Å²) in [6.07, 6.45) is 0. The van der Waals surface area contributed by atoms with Crippen molar-refractivity contribution in [3.8, 4) is 0 Å². The highest BCUT2D eigenvalue weighted by Crippen LogP contribution is 2.33. The fourth-order valence-electron chi connectivity index (χ4n) is 1.00. The van der Waals surface area contributed by atoms with Gasteiger partial charge in [-0.1, -0.05) is 11.6 Å². The molecular formula is C9H11ClN2O4S. The third-order valence-electron chi connectivity index (χ3n) is 1.94. The van der Waals surface area contributed by atoms with Crippen LogP contribution in [0, 0.1) is 10.1 Å². The SMILES string of the molecule is CC(C)(CO)NC(=O)c1cc([N+](=O)[O-])c(Cl)s1. The average molecular weight is 279 g/mol. The van der Waals surface area contributed by atoms with E-state index in [9.17, 15) is 14.9 Å². The van der Waals surface area contributed by atoms with Crippen LogP contribution in [0.4, 0.5) is 5.69 Å². The zero-order valence-electron chi connectivity index (χ0n) is 9.19. The highest BCUT2D eigenvalue weighted by atomic mass is 35.5. The van der Waals surface area contributed by atoms with Crippen LogP contribution in [-0.2, 0) is 0 Å². The van der Waals surface area contributed by atoms with Gasteiger partial charge in [0.1, 0.15) is 4.88 Å². The van der Waals surface area contributed by atoms with Crippen molar-refractivity contribution in [3.63, 3.8) is 0 Å². The summed E-state index contributed by atoms with van der Waals surface area (Å²) >= 11 is 6.47. The van der Waals surface area contributed by atoms with Crippen LogP contribution in [0.2, 0.25) is 4.34 Å². The summed E-state index contributed by atoms with van der Waals surface area (Å²) in [5, 5.41) is 22.1. The number of halogens is 1. The van der Waals surface area contributed by atoms with E-state index in [1.165, 1.54) is 0 Å². The summed E-state index contributed by atoms with van der Waals surface area (Å²) in [5.74, 6) is -0.496. The minimum absolute atomic E-state index is 0.0399. The molecule has 1 heterocycles. The van der Waals surface area contributed by atoms with Crippen molar-refractivity contribution in [3.05, 3.63) is 25.4 Å². The van der Waals surface area contributed by atoms with Crippen molar-refractivity contribution >= 4 is 34.5 Å². The Morgan fingerprint density at radius 3 is 2.71 bits per heavy atom. The molecule has 17 heavy (non-hydrogen) atoms. The smallest absolute Gasteiger partial charge is 0.299 e. The van der Waals surface area contributed by atoms with Crippen molar-refractivity contribution < 1.29 is 14.8 Å². The Balaban J connectivity index is 2.91. The van der Waals surface area contributed by atoms with Gasteiger partial charge in [-0.3, -0.25) is 14.9 Å². The average Bonchev–Trinajstić information content (AvgIpc) is 2.60. The van der Waals surface area contributed by atoms with Gasteiger partial charge in [0.15, 0.2) is 4.34 Å². The van der Waals surface area contributed by atoms with Gasteiger partial charge >= 0.3 is 0 Å². The molecule has 0 aliphatic heterocycles. The number of carbonyl (C=O) groups is 1. The van der Waals surface area contributed by atoms with Gasteiger partial charge in [-0.15, -0.1) is 11.3 Å². The molecule has 94 valence electrons. The molecule has 1 amide bonds. The number of aliphatic hydroxyl groups excluding tert-OH is 1. The van der Waals surface area contributed by atoms with Gasteiger partial charge in [-0.2, -0.15) is 0 Å². The number of amides is 1. The van der Waals surface area contributed by atoms with Crippen molar-refractivity contribution in [1.29, 1.82) is 0 Å². The number of aliphatic hydroxyl groups is 1. The third kappa shape index (κ3) is 3.39.